The minimum atomic E-state index is -3.69. The van der Waals surface area contributed by atoms with E-state index in [0.717, 1.165) is 11.3 Å². The smallest absolute Gasteiger partial charge is 0.347 e. The lowest BCUT2D eigenvalue weighted by Crippen LogP contribution is -2.09. The zero-order valence-electron chi connectivity index (χ0n) is 13.6. The van der Waals surface area contributed by atoms with Gasteiger partial charge in [-0.3, -0.25) is 0 Å². The Kier molecular flexibility index (Phi) is 5.76. The van der Waals surface area contributed by atoms with Crippen LogP contribution in [0.25, 0.3) is 0 Å². The molecular formula is C18H12Cl2O5S2. The monoisotopic (exact) mass is 442 g/mol. The van der Waals surface area contributed by atoms with Crippen molar-refractivity contribution >= 4 is 50.3 Å². The van der Waals surface area contributed by atoms with Crippen LogP contribution in [0.4, 0.5) is 0 Å². The molecule has 5 nitrogen and oxygen atoms in total. The first kappa shape index (κ1) is 19.7. The van der Waals surface area contributed by atoms with Gasteiger partial charge in [0.2, 0.25) is 0 Å². The molecule has 3 rings (SSSR count). The average Bonchev–Trinajstić information content (AvgIpc) is 2.95. The number of phenols is 1. The van der Waals surface area contributed by atoms with Crippen molar-refractivity contribution in [3.05, 3.63) is 75.1 Å². The second-order valence-corrected chi connectivity index (χ2v) is 9.78. The van der Waals surface area contributed by atoms with Gasteiger partial charge in [-0.25, -0.2) is 13.2 Å². The molecule has 1 aromatic heterocycles. The van der Waals surface area contributed by atoms with Crippen LogP contribution in [0.2, 0.25) is 9.36 Å². The first-order valence-electron chi connectivity index (χ1n) is 7.53. The average molecular weight is 443 g/mol. The molecule has 0 fully saturated rings. The summed E-state index contributed by atoms with van der Waals surface area (Å²) in [7, 11) is -3.69. The van der Waals surface area contributed by atoms with Crippen molar-refractivity contribution in [3.8, 4) is 11.5 Å². The number of hydrogen-bond acceptors (Lipinski definition) is 6. The van der Waals surface area contributed by atoms with Crippen LogP contribution in [0.1, 0.15) is 15.9 Å². The Bertz CT molecular complexity index is 1070. The fraction of sp³-hybridized carbons (Fsp3) is 0.0556. The number of thiophene rings is 1. The third-order valence-corrected chi connectivity index (χ3v) is 7.64. The van der Waals surface area contributed by atoms with Crippen LogP contribution in [0.15, 0.2) is 58.8 Å². The van der Waals surface area contributed by atoms with Crippen LogP contribution in [-0.4, -0.2) is 19.5 Å². The largest absolute Gasteiger partial charge is 0.507 e. The first-order chi connectivity index (χ1) is 12.8. The Morgan fingerprint density at radius 3 is 2.37 bits per heavy atom. The molecule has 27 heavy (non-hydrogen) atoms. The molecule has 0 unspecified atom stereocenters. The molecule has 2 aromatic carbocycles. The molecule has 0 aliphatic carbocycles. The van der Waals surface area contributed by atoms with E-state index < -0.39 is 15.8 Å². The highest BCUT2D eigenvalue weighted by atomic mass is 35.5. The zero-order valence-corrected chi connectivity index (χ0v) is 16.7. The molecule has 1 heterocycles. The summed E-state index contributed by atoms with van der Waals surface area (Å²) in [5, 5.41) is 10.3. The normalized spacial score (nSPS) is 11.3. The maximum Gasteiger partial charge on any atom is 0.347 e. The summed E-state index contributed by atoms with van der Waals surface area (Å²) in [5.74, 6) is -1.15. The lowest BCUT2D eigenvalue weighted by molar-refractivity contribution is 0.0731. The summed E-state index contributed by atoms with van der Waals surface area (Å²) >= 11 is 12.5. The van der Waals surface area contributed by atoms with E-state index in [9.17, 15) is 18.3 Å². The standard InChI is InChI=1S/C18H12Cl2O5S2/c19-14-9-16(26-17(14)20)27(23,24)10-11-6-7-13(15(21)8-11)18(22)25-12-4-2-1-3-5-12/h1-9,21H,10H2. The number of rotatable bonds is 5. The Labute approximate surface area is 169 Å². The van der Waals surface area contributed by atoms with E-state index in [2.05, 4.69) is 0 Å². The van der Waals surface area contributed by atoms with Gasteiger partial charge < -0.3 is 9.84 Å². The maximum absolute atomic E-state index is 12.5. The number of benzene rings is 2. The van der Waals surface area contributed by atoms with Gasteiger partial charge in [-0.2, -0.15) is 0 Å². The number of carbonyl (C=O) groups is 1. The van der Waals surface area contributed by atoms with E-state index in [1.165, 1.54) is 24.3 Å². The van der Waals surface area contributed by atoms with E-state index >= 15 is 0 Å². The van der Waals surface area contributed by atoms with Crippen LogP contribution < -0.4 is 4.74 Å². The van der Waals surface area contributed by atoms with Gasteiger partial charge in [0.15, 0.2) is 9.84 Å². The van der Waals surface area contributed by atoms with Crippen LogP contribution in [-0.2, 0) is 15.6 Å². The van der Waals surface area contributed by atoms with Gasteiger partial charge in [-0.15, -0.1) is 11.3 Å². The number of halogens is 2. The van der Waals surface area contributed by atoms with Crippen molar-refractivity contribution < 1.29 is 23.1 Å². The molecule has 0 spiro atoms. The molecule has 0 radical (unpaired) electrons. The SMILES string of the molecule is O=C(Oc1ccccc1)c1ccc(CS(=O)(=O)c2cc(Cl)c(Cl)s2)cc1O. The van der Waals surface area contributed by atoms with E-state index in [1.807, 2.05) is 0 Å². The fourth-order valence-corrected chi connectivity index (χ4v) is 5.56. The number of esters is 1. The van der Waals surface area contributed by atoms with Gasteiger partial charge in [0.25, 0.3) is 0 Å². The zero-order chi connectivity index (χ0) is 19.6. The topological polar surface area (TPSA) is 80.7 Å². The molecule has 0 amide bonds. The first-order valence-corrected chi connectivity index (χ1v) is 10.8. The minimum Gasteiger partial charge on any atom is -0.507 e. The van der Waals surface area contributed by atoms with Crippen LogP contribution in [0.3, 0.4) is 0 Å². The second kappa shape index (κ2) is 7.90. The summed E-state index contributed by atoms with van der Waals surface area (Å²) in [6.45, 7) is 0. The van der Waals surface area contributed by atoms with E-state index in [0.29, 0.717) is 11.3 Å². The van der Waals surface area contributed by atoms with E-state index in [1.54, 1.807) is 30.3 Å². The Balaban J connectivity index is 1.79. The maximum atomic E-state index is 12.5. The second-order valence-electron chi connectivity index (χ2n) is 5.50. The Morgan fingerprint density at radius 1 is 1.07 bits per heavy atom. The van der Waals surface area contributed by atoms with Crippen molar-refractivity contribution in [2.24, 2.45) is 0 Å². The fourth-order valence-electron chi connectivity index (χ4n) is 2.26. The molecule has 0 saturated carbocycles. The van der Waals surface area contributed by atoms with Crippen LogP contribution >= 0.6 is 34.5 Å². The lowest BCUT2D eigenvalue weighted by Gasteiger charge is -2.08. The third kappa shape index (κ3) is 4.62. The lowest BCUT2D eigenvalue weighted by atomic mass is 10.1. The minimum absolute atomic E-state index is 0.0320. The molecule has 9 heteroatoms. The van der Waals surface area contributed by atoms with Crippen molar-refractivity contribution in [2.45, 2.75) is 9.96 Å². The molecule has 0 saturated heterocycles. The number of phenolic OH excluding ortho intramolecular Hbond substituents is 1. The molecule has 140 valence electrons. The highest BCUT2D eigenvalue weighted by Crippen LogP contribution is 2.36. The molecule has 0 bridgehead atoms. The Morgan fingerprint density at radius 2 is 1.78 bits per heavy atom. The van der Waals surface area contributed by atoms with Crippen molar-refractivity contribution in [3.63, 3.8) is 0 Å². The van der Waals surface area contributed by atoms with Gasteiger partial charge in [-0.05, 0) is 35.9 Å². The predicted octanol–water partition coefficient (Wildman–Crippen LogP) is 4.95. The Hall–Kier alpha value is -2.06. The highest BCUT2D eigenvalue weighted by Gasteiger charge is 2.21. The third-order valence-electron chi connectivity index (χ3n) is 3.52. The summed E-state index contributed by atoms with van der Waals surface area (Å²) in [6, 6.07) is 13.7. The van der Waals surface area contributed by atoms with Crippen LogP contribution in [0.5, 0.6) is 11.5 Å². The summed E-state index contributed by atoms with van der Waals surface area (Å²) in [6.07, 6.45) is 0. The number of aromatic hydroxyl groups is 1. The number of sulfone groups is 1. The molecule has 1 N–H and O–H groups in total. The molecule has 3 aromatic rings. The van der Waals surface area contributed by atoms with Gasteiger partial charge in [0, 0.05) is 0 Å². The van der Waals surface area contributed by atoms with E-state index in [4.69, 9.17) is 27.9 Å². The van der Waals surface area contributed by atoms with Crippen molar-refractivity contribution in [1.82, 2.24) is 0 Å². The van der Waals surface area contributed by atoms with Crippen molar-refractivity contribution in [1.29, 1.82) is 0 Å². The quantitative estimate of drug-likeness (QED) is 0.446. The summed E-state index contributed by atoms with van der Waals surface area (Å²) in [5.41, 5.74) is 0.242. The highest BCUT2D eigenvalue weighted by molar-refractivity contribution is 7.92. The van der Waals surface area contributed by atoms with Gasteiger partial charge in [0.05, 0.1) is 10.8 Å². The van der Waals surface area contributed by atoms with Gasteiger partial charge in [0.1, 0.15) is 25.6 Å². The molecular weight excluding hydrogens is 431 g/mol. The summed E-state index contributed by atoms with van der Waals surface area (Å²) in [4.78, 5) is 12.2. The van der Waals surface area contributed by atoms with E-state index in [-0.39, 0.29) is 30.6 Å². The van der Waals surface area contributed by atoms with Crippen LogP contribution in [0, 0.1) is 0 Å². The molecule has 0 aliphatic rings. The number of carbonyl (C=O) groups excluding carboxylic acids is 1. The number of hydrogen-bond donors (Lipinski definition) is 1. The van der Waals surface area contributed by atoms with Gasteiger partial charge in [-0.1, -0.05) is 47.5 Å². The number of para-hydroxylation sites is 1. The molecule has 0 aliphatic heterocycles. The van der Waals surface area contributed by atoms with Gasteiger partial charge >= 0.3 is 5.97 Å². The van der Waals surface area contributed by atoms with Crippen molar-refractivity contribution in [2.75, 3.05) is 0 Å². The predicted molar refractivity (Wildman–Crippen MR) is 105 cm³/mol. The molecule has 0 atom stereocenters. The number of ether oxygens (including phenoxy) is 1. The summed E-state index contributed by atoms with van der Waals surface area (Å²) < 4.78 is 30.3.